The maximum atomic E-state index is 12.9. The number of nitrogens with two attached hydrogens (primary N) is 1. The lowest BCUT2D eigenvalue weighted by Gasteiger charge is -2.31. The average molecular weight is 345 g/mol. The second kappa shape index (κ2) is 6.83. The Balaban J connectivity index is 2.07. The van der Waals surface area contributed by atoms with Crippen LogP contribution < -0.4 is 16.0 Å². The van der Waals surface area contributed by atoms with Gasteiger partial charge < -0.3 is 16.0 Å². The van der Waals surface area contributed by atoms with Crippen LogP contribution in [0.5, 0.6) is 0 Å². The number of nitrogens with one attached hydrogen (secondary N) is 1. The van der Waals surface area contributed by atoms with Crippen molar-refractivity contribution >= 4 is 21.2 Å². The molecule has 6 heteroatoms. The molecule has 0 radical (unpaired) electrons. The number of rotatable bonds is 4. The van der Waals surface area contributed by atoms with Crippen LogP contribution in [0.1, 0.15) is 12.5 Å². The highest BCUT2D eigenvalue weighted by atomic mass is 32.2. The summed E-state index contributed by atoms with van der Waals surface area (Å²) in [4.78, 5) is 2.74. The summed E-state index contributed by atoms with van der Waals surface area (Å²) in [6, 6.07) is 12.0. The molecule has 0 amide bonds. The Bertz CT molecular complexity index is 814. The van der Waals surface area contributed by atoms with E-state index in [9.17, 15) is 8.42 Å². The molecule has 24 heavy (non-hydrogen) atoms. The normalized spacial score (nSPS) is 15.5. The van der Waals surface area contributed by atoms with Gasteiger partial charge in [0, 0.05) is 31.9 Å². The van der Waals surface area contributed by atoms with Gasteiger partial charge >= 0.3 is 0 Å². The molecular formula is C18H23N3O2S. The molecule has 3 N–H and O–H groups in total. The molecular weight excluding hydrogens is 322 g/mol. The third kappa shape index (κ3) is 3.12. The van der Waals surface area contributed by atoms with Crippen LogP contribution in [0.15, 0.2) is 52.3 Å². The van der Waals surface area contributed by atoms with E-state index in [0.29, 0.717) is 5.69 Å². The van der Waals surface area contributed by atoms with E-state index in [1.165, 1.54) is 0 Å². The number of sulfone groups is 1. The molecule has 3 rings (SSSR count). The number of nitrogen functional groups attached to an aromatic ring is 1. The molecule has 0 unspecified atom stereocenters. The van der Waals surface area contributed by atoms with Crippen molar-refractivity contribution in [1.29, 1.82) is 0 Å². The van der Waals surface area contributed by atoms with E-state index in [1.54, 1.807) is 36.4 Å². The van der Waals surface area contributed by atoms with Crippen molar-refractivity contribution in [2.24, 2.45) is 0 Å². The quantitative estimate of drug-likeness (QED) is 0.830. The Kier molecular flexibility index (Phi) is 4.78. The van der Waals surface area contributed by atoms with Crippen molar-refractivity contribution in [3.8, 4) is 0 Å². The summed E-state index contributed by atoms with van der Waals surface area (Å²) in [7, 11) is -3.61. The Labute approximate surface area is 143 Å². The fourth-order valence-electron chi connectivity index (χ4n) is 3.07. The molecule has 0 bridgehead atoms. The van der Waals surface area contributed by atoms with E-state index in [0.717, 1.165) is 43.9 Å². The van der Waals surface area contributed by atoms with Crippen LogP contribution in [-0.4, -0.2) is 34.6 Å². The molecule has 1 saturated heterocycles. The van der Waals surface area contributed by atoms with E-state index in [4.69, 9.17) is 5.73 Å². The summed E-state index contributed by atoms with van der Waals surface area (Å²) < 4.78 is 25.8. The molecule has 128 valence electrons. The summed E-state index contributed by atoms with van der Waals surface area (Å²) in [5.74, 6) is 0. The smallest absolute Gasteiger partial charge is 0.208 e. The number of piperazine rings is 1. The van der Waals surface area contributed by atoms with Gasteiger partial charge in [-0.15, -0.1) is 0 Å². The fraction of sp³-hybridized carbons (Fsp3) is 0.333. The van der Waals surface area contributed by atoms with Crippen molar-refractivity contribution in [3.63, 3.8) is 0 Å². The predicted octanol–water partition coefficient (Wildman–Crippen LogP) is 2.07. The van der Waals surface area contributed by atoms with Crippen molar-refractivity contribution in [3.05, 3.63) is 48.0 Å². The lowest BCUT2D eigenvalue weighted by molar-refractivity contribution is 0.587. The van der Waals surface area contributed by atoms with E-state index >= 15 is 0 Å². The van der Waals surface area contributed by atoms with Gasteiger partial charge in [0.2, 0.25) is 9.84 Å². The van der Waals surface area contributed by atoms with Gasteiger partial charge in [0.05, 0.1) is 15.5 Å². The molecule has 1 fully saturated rings. The highest BCUT2D eigenvalue weighted by molar-refractivity contribution is 7.91. The molecule has 2 aromatic rings. The van der Waals surface area contributed by atoms with Crippen LogP contribution in [0, 0.1) is 0 Å². The highest BCUT2D eigenvalue weighted by Gasteiger charge is 2.23. The Morgan fingerprint density at radius 2 is 1.79 bits per heavy atom. The minimum absolute atomic E-state index is 0.199. The number of aryl methyl sites for hydroxylation is 1. The second-order valence-corrected chi connectivity index (χ2v) is 7.84. The summed E-state index contributed by atoms with van der Waals surface area (Å²) in [6.07, 6.45) is 0.761. The number of hydrogen-bond acceptors (Lipinski definition) is 5. The summed E-state index contributed by atoms with van der Waals surface area (Å²) in [5.41, 5.74) is 8.52. The number of benzene rings is 2. The molecule has 1 aliphatic heterocycles. The molecule has 0 aliphatic carbocycles. The van der Waals surface area contributed by atoms with Gasteiger partial charge in [-0.1, -0.05) is 25.1 Å². The van der Waals surface area contributed by atoms with E-state index in [1.807, 2.05) is 13.0 Å². The SMILES string of the molecule is CCc1cc(S(=O)(=O)c2ccccc2)c(N)cc1N1CCNCC1. The zero-order valence-corrected chi connectivity index (χ0v) is 14.6. The standard InChI is InChI=1S/C18H23N3O2S/c1-2-14-12-18(24(22,23)15-6-4-3-5-7-15)16(19)13-17(14)21-10-8-20-9-11-21/h3-7,12-13,20H,2,8-11,19H2,1H3. The van der Waals surface area contributed by atoms with Gasteiger partial charge in [-0.3, -0.25) is 0 Å². The first-order valence-electron chi connectivity index (χ1n) is 8.22. The second-order valence-electron chi connectivity index (χ2n) is 5.93. The Hall–Kier alpha value is -2.05. The fourth-order valence-corrected chi connectivity index (χ4v) is 4.51. The number of nitrogens with zero attached hydrogens (tertiary/aromatic N) is 1. The van der Waals surface area contributed by atoms with Gasteiger partial charge in [0.25, 0.3) is 0 Å². The third-order valence-electron chi connectivity index (χ3n) is 4.39. The van der Waals surface area contributed by atoms with Gasteiger partial charge in [-0.05, 0) is 36.2 Å². The molecule has 0 saturated carbocycles. The van der Waals surface area contributed by atoms with Crippen LogP contribution in [0.2, 0.25) is 0 Å². The van der Waals surface area contributed by atoms with Crippen LogP contribution in [0.3, 0.4) is 0 Å². The van der Waals surface area contributed by atoms with E-state index < -0.39 is 9.84 Å². The number of hydrogen-bond donors (Lipinski definition) is 2. The molecule has 0 spiro atoms. The monoisotopic (exact) mass is 345 g/mol. The van der Waals surface area contributed by atoms with Crippen LogP contribution in [0.4, 0.5) is 11.4 Å². The zero-order chi connectivity index (χ0) is 17.2. The van der Waals surface area contributed by atoms with Gasteiger partial charge in [-0.2, -0.15) is 0 Å². The largest absolute Gasteiger partial charge is 0.398 e. The molecule has 0 atom stereocenters. The number of anilines is 2. The molecule has 1 heterocycles. The minimum atomic E-state index is -3.61. The lowest BCUT2D eigenvalue weighted by atomic mass is 10.1. The molecule has 1 aliphatic rings. The highest BCUT2D eigenvalue weighted by Crippen LogP contribution is 2.33. The predicted molar refractivity (Wildman–Crippen MR) is 97.2 cm³/mol. The summed E-state index contributed by atoms with van der Waals surface area (Å²) in [6.45, 7) is 5.69. The van der Waals surface area contributed by atoms with Gasteiger partial charge in [-0.25, -0.2) is 8.42 Å². The summed E-state index contributed by atoms with van der Waals surface area (Å²) in [5, 5.41) is 3.32. The molecule has 0 aromatic heterocycles. The maximum absolute atomic E-state index is 12.9. The van der Waals surface area contributed by atoms with Crippen molar-refractivity contribution in [1.82, 2.24) is 5.32 Å². The van der Waals surface area contributed by atoms with E-state index in [-0.39, 0.29) is 9.79 Å². The molecule has 2 aromatic carbocycles. The maximum Gasteiger partial charge on any atom is 0.208 e. The van der Waals surface area contributed by atoms with Gasteiger partial charge in [0.1, 0.15) is 0 Å². The summed E-state index contributed by atoms with van der Waals surface area (Å²) >= 11 is 0. The van der Waals surface area contributed by atoms with Crippen LogP contribution >= 0.6 is 0 Å². The van der Waals surface area contributed by atoms with E-state index in [2.05, 4.69) is 10.2 Å². The van der Waals surface area contributed by atoms with Crippen molar-refractivity contribution in [2.75, 3.05) is 36.8 Å². The zero-order valence-electron chi connectivity index (χ0n) is 13.8. The van der Waals surface area contributed by atoms with Crippen LogP contribution in [-0.2, 0) is 16.3 Å². The topological polar surface area (TPSA) is 75.4 Å². The minimum Gasteiger partial charge on any atom is -0.398 e. The molecule has 5 nitrogen and oxygen atoms in total. The lowest BCUT2D eigenvalue weighted by Crippen LogP contribution is -2.44. The third-order valence-corrected chi connectivity index (χ3v) is 6.22. The van der Waals surface area contributed by atoms with Gasteiger partial charge in [0.15, 0.2) is 0 Å². The van der Waals surface area contributed by atoms with Crippen LogP contribution in [0.25, 0.3) is 0 Å². The van der Waals surface area contributed by atoms with Crippen molar-refractivity contribution < 1.29 is 8.42 Å². The first kappa shape index (κ1) is 16.8. The Morgan fingerprint density at radius 3 is 2.42 bits per heavy atom. The first-order valence-corrected chi connectivity index (χ1v) is 9.70. The van der Waals surface area contributed by atoms with Crippen molar-refractivity contribution in [2.45, 2.75) is 23.1 Å². The Morgan fingerprint density at radius 1 is 1.12 bits per heavy atom. The average Bonchev–Trinajstić information content (AvgIpc) is 2.62. The first-order chi connectivity index (χ1) is 11.5.